The first kappa shape index (κ1) is 18.5. The summed E-state index contributed by atoms with van der Waals surface area (Å²) in [7, 11) is 0. The van der Waals surface area contributed by atoms with E-state index >= 15 is 0 Å². The predicted molar refractivity (Wildman–Crippen MR) is 95.4 cm³/mol. The minimum Gasteiger partial charge on any atom is -0.444 e. The summed E-state index contributed by atoms with van der Waals surface area (Å²) in [5, 5.41) is 3.26. The van der Waals surface area contributed by atoms with Gasteiger partial charge in [-0.3, -0.25) is 9.59 Å². The highest BCUT2D eigenvalue weighted by atomic mass is 16.6. The second kappa shape index (κ2) is 6.96. The monoisotopic (exact) mass is 345 g/mol. The smallest absolute Gasteiger partial charge is 0.408 e. The number of H-pyrrole nitrogens is 1. The average Bonchev–Trinajstić information content (AvgIpc) is 2.45. The topological polar surface area (TPSA) is 114 Å². The summed E-state index contributed by atoms with van der Waals surface area (Å²) >= 11 is 0. The molecule has 7 heteroatoms. The van der Waals surface area contributed by atoms with Gasteiger partial charge in [-0.25, -0.2) is 4.79 Å². The van der Waals surface area contributed by atoms with E-state index in [4.69, 9.17) is 10.5 Å². The lowest BCUT2D eigenvalue weighted by Crippen LogP contribution is -2.48. The molecule has 0 saturated carbocycles. The fraction of sp³-hybridized carbons (Fsp3) is 0.389. The van der Waals surface area contributed by atoms with Crippen molar-refractivity contribution in [2.45, 2.75) is 45.8 Å². The first-order valence-electron chi connectivity index (χ1n) is 7.96. The minimum atomic E-state index is -1.04. The third-order valence-corrected chi connectivity index (χ3v) is 3.54. The van der Waals surface area contributed by atoms with E-state index in [2.05, 4.69) is 10.3 Å². The highest BCUT2D eigenvalue weighted by Gasteiger charge is 2.24. The number of rotatable bonds is 4. The second-order valence-electron chi connectivity index (χ2n) is 7.02. The van der Waals surface area contributed by atoms with Gasteiger partial charge >= 0.3 is 6.09 Å². The number of hydrogen-bond acceptors (Lipinski definition) is 4. The number of hydrogen-bond donors (Lipinski definition) is 3. The molecule has 0 saturated heterocycles. The van der Waals surface area contributed by atoms with E-state index in [1.165, 1.54) is 0 Å². The fourth-order valence-electron chi connectivity index (χ4n) is 2.42. The third-order valence-electron chi connectivity index (χ3n) is 3.54. The molecule has 0 radical (unpaired) electrons. The number of pyridine rings is 1. The van der Waals surface area contributed by atoms with Gasteiger partial charge in [0, 0.05) is 17.5 Å². The Morgan fingerprint density at radius 3 is 2.56 bits per heavy atom. The number of aromatic amines is 1. The Kier molecular flexibility index (Phi) is 5.15. The maximum atomic E-state index is 12.2. The van der Waals surface area contributed by atoms with E-state index in [1.807, 2.05) is 25.1 Å². The van der Waals surface area contributed by atoms with Crippen LogP contribution in [0.2, 0.25) is 0 Å². The third kappa shape index (κ3) is 5.07. The molecule has 134 valence electrons. The van der Waals surface area contributed by atoms with Crippen molar-refractivity contribution >= 4 is 22.9 Å². The largest absolute Gasteiger partial charge is 0.444 e. The Morgan fingerprint density at radius 2 is 1.96 bits per heavy atom. The summed E-state index contributed by atoms with van der Waals surface area (Å²) in [5.74, 6) is -0.741. The summed E-state index contributed by atoms with van der Waals surface area (Å²) in [4.78, 5) is 38.6. The molecule has 0 bridgehead atoms. The summed E-state index contributed by atoms with van der Waals surface area (Å²) in [6.07, 6.45) is -0.780. The second-order valence-corrected chi connectivity index (χ2v) is 7.02. The normalized spacial score (nSPS) is 12.6. The van der Waals surface area contributed by atoms with Crippen molar-refractivity contribution in [2.75, 3.05) is 0 Å². The summed E-state index contributed by atoms with van der Waals surface area (Å²) in [6.45, 7) is 7.08. The molecular weight excluding hydrogens is 322 g/mol. The Hall–Kier alpha value is -2.83. The van der Waals surface area contributed by atoms with Crippen LogP contribution in [-0.4, -0.2) is 28.6 Å². The van der Waals surface area contributed by atoms with Gasteiger partial charge in [0.1, 0.15) is 11.6 Å². The van der Waals surface area contributed by atoms with Crippen molar-refractivity contribution < 1.29 is 14.3 Å². The zero-order valence-corrected chi connectivity index (χ0v) is 14.8. The zero-order valence-electron chi connectivity index (χ0n) is 14.8. The van der Waals surface area contributed by atoms with Crippen LogP contribution in [0.4, 0.5) is 4.79 Å². The van der Waals surface area contributed by atoms with Gasteiger partial charge in [0.05, 0.1) is 0 Å². The summed E-state index contributed by atoms with van der Waals surface area (Å²) in [6, 6.07) is 6.30. The molecule has 25 heavy (non-hydrogen) atoms. The number of nitrogens with one attached hydrogen (secondary N) is 2. The van der Waals surface area contributed by atoms with Crippen LogP contribution >= 0.6 is 0 Å². The summed E-state index contributed by atoms with van der Waals surface area (Å²) < 4.78 is 5.13. The number of carbonyl (C=O) groups is 2. The molecule has 1 aromatic heterocycles. The first-order chi connectivity index (χ1) is 11.5. The maximum Gasteiger partial charge on any atom is 0.408 e. The number of nitrogens with two attached hydrogens (primary N) is 1. The van der Waals surface area contributed by atoms with Gasteiger partial charge in [0.2, 0.25) is 5.91 Å². The van der Waals surface area contributed by atoms with Gasteiger partial charge in [0.15, 0.2) is 0 Å². The summed E-state index contributed by atoms with van der Waals surface area (Å²) in [5.41, 5.74) is 6.44. The lowest BCUT2D eigenvalue weighted by atomic mass is 10.0. The molecule has 1 unspecified atom stereocenters. The van der Waals surface area contributed by atoms with E-state index in [-0.39, 0.29) is 12.0 Å². The zero-order chi connectivity index (χ0) is 18.8. The number of fused-ring (bicyclic) bond motifs is 1. The molecule has 2 rings (SSSR count). The first-order valence-corrected chi connectivity index (χ1v) is 7.96. The standard InChI is InChI=1S/C18H23N3O4/c1-10-5-6-13-11(7-10)8-12(16(23)20-13)9-14(15(19)22)21-17(24)25-18(2,3)4/h5-8,14H,9H2,1-4H3,(H2,19,22)(H,20,23)(H,21,24). The molecule has 1 heterocycles. The Balaban J connectivity index is 2.26. The highest BCUT2D eigenvalue weighted by molar-refractivity contribution is 5.85. The number of alkyl carbamates (subject to hydrolysis) is 1. The number of carbonyl (C=O) groups excluding carboxylic acids is 2. The molecule has 1 atom stereocenters. The Bertz CT molecular complexity index is 865. The van der Waals surface area contributed by atoms with Gasteiger partial charge in [-0.15, -0.1) is 0 Å². The van der Waals surface area contributed by atoms with Crippen molar-refractivity contribution in [3.05, 3.63) is 45.7 Å². The lowest BCUT2D eigenvalue weighted by molar-refractivity contribution is -0.120. The number of benzene rings is 1. The van der Waals surface area contributed by atoms with Crippen molar-refractivity contribution in [2.24, 2.45) is 5.73 Å². The van der Waals surface area contributed by atoms with Gasteiger partial charge in [0.25, 0.3) is 5.56 Å². The van der Waals surface area contributed by atoms with Crippen LogP contribution in [0, 0.1) is 6.92 Å². The van der Waals surface area contributed by atoms with Gasteiger partial charge < -0.3 is 20.8 Å². The Morgan fingerprint density at radius 1 is 1.28 bits per heavy atom. The van der Waals surface area contributed by atoms with Crippen molar-refractivity contribution in [3.63, 3.8) is 0 Å². The maximum absolute atomic E-state index is 12.2. The molecule has 0 aliphatic rings. The molecule has 0 aliphatic carbocycles. The van der Waals surface area contributed by atoms with Crippen LogP contribution in [0.25, 0.3) is 10.9 Å². The quantitative estimate of drug-likeness (QED) is 0.783. The van der Waals surface area contributed by atoms with Crippen LogP contribution < -0.4 is 16.6 Å². The van der Waals surface area contributed by atoms with E-state index in [9.17, 15) is 14.4 Å². The molecule has 2 aromatic rings. The Labute approximate surface area is 145 Å². The van der Waals surface area contributed by atoms with Crippen LogP contribution in [0.15, 0.2) is 29.1 Å². The van der Waals surface area contributed by atoms with Crippen LogP contribution in [-0.2, 0) is 16.0 Å². The van der Waals surface area contributed by atoms with Crippen molar-refractivity contribution in [3.8, 4) is 0 Å². The molecule has 1 aromatic carbocycles. The lowest BCUT2D eigenvalue weighted by Gasteiger charge is -2.22. The predicted octanol–water partition coefficient (Wildman–Crippen LogP) is 1.76. The van der Waals surface area contributed by atoms with E-state index in [0.29, 0.717) is 11.1 Å². The van der Waals surface area contributed by atoms with Crippen LogP contribution in [0.5, 0.6) is 0 Å². The van der Waals surface area contributed by atoms with Gasteiger partial charge in [-0.2, -0.15) is 0 Å². The highest BCUT2D eigenvalue weighted by Crippen LogP contribution is 2.14. The molecular formula is C18H23N3O4. The number of primary amides is 1. The molecule has 4 N–H and O–H groups in total. The average molecular weight is 345 g/mol. The molecule has 7 nitrogen and oxygen atoms in total. The van der Waals surface area contributed by atoms with Crippen molar-refractivity contribution in [1.82, 2.24) is 10.3 Å². The molecule has 0 spiro atoms. The van der Waals surface area contributed by atoms with Crippen LogP contribution in [0.3, 0.4) is 0 Å². The van der Waals surface area contributed by atoms with Crippen molar-refractivity contribution in [1.29, 1.82) is 0 Å². The van der Waals surface area contributed by atoms with E-state index in [1.54, 1.807) is 26.8 Å². The minimum absolute atomic E-state index is 0.0200. The molecule has 0 fully saturated rings. The van der Waals surface area contributed by atoms with E-state index in [0.717, 1.165) is 10.9 Å². The number of ether oxygens (including phenoxy) is 1. The fourth-order valence-corrected chi connectivity index (χ4v) is 2.42. The number of amides is 2. The SMILES string of the molecule is Cc1ccc2[nH]c(=O)c(CC(NC(=O)OC(C)(C)C)C(N)=O)cc2c1. The number of aromatic nitrogens is 1. The number of aryl methyl sites for hydroxylation is 1. The van der Waals surface area contributed by atoms with Gasteiger partial charge in [-0.05, 0) is 51.3 Å². The molecule has 2 amide bonds. The van der Waals surface area contributed by atoms with Crippen LogP contribution in [0.1, 0.15) is 31.9 Å². The van der Waals surface area contributed by atoms with Gasteiger partial charge in [-0.1, -0.05) is 11.6 Å². The molecule has 0 aliphatic heterocycles. The van der Waals surface area contributed by atoms with E-state index < -0.39 is 23.6 Å².